The molecule has 11 nitrogen and oxygen atoms in total. The van der Waals surface area contributed by atoms with Crippen LogP contribution in [-0.2, 0) is 47.5 Å². The summed E-state index contributed by atoms with van der Waals surface area (Å²) in [4.78, 5) is 21.8. The van der Waals surface area contributed by atoms with Gasteiger partial charge in [0.25, 0.3) is 0 Å². The van der Waals surface area contributed by atoms with E-state index >= 15 is 0 Å². The molecule has 0 heterocycles. The van der Waals surface area contributed by atoms with Gasteiger partial charge in [0.05, 0.1) is 85.9 Å². The Morgan fingerprint density at radius 2 is 0.816 bits per heavy atom. The van der Waals surface area contributed by atoms with E-state index in [1.807, 2.05) is 0 Å². The first-order chi connectivity index (χ1) is 18.7. The summed E-state index contributed by atoms with van der Waals surface area (Å²) >= 11 is 2.41. The number of hydrogen-bond acceptors (Lipinski definition) is 10. The van der Waals surface area contributed by atoms with Crippen molar-refractivity contribution in [3.63, 3.8) is 0 Å². The van der Waals surface area contributed by atoms with Crippen LogP contribution in [0.2, 0.25) is 0 Å². The molecule has 0 spiro atoms. The second-order valence-corrected chi connectivity index (χ2v) is 9.29. The lowest BCUT2D eigenvalue weighted by molar-refractivity contribution is -0.146. The molecule has 0 radical (unpaired) electrons. The SMILES string of the molecule is O=C(O)CCCCC(=O)OCCOCCOCCOCCOCCOCCOCCOCCCCCCI. The van der Waals surface area contributed by atoms with Crippen LogP contribution in [0, 0.1) is 0 Å². The summed E-state index contributed by atoms with van der Waals surface area (Å²) in [5, 5.41) is 8.53. The Hall–Kier alpha value is -0.610. The third-order valence-corrected chi connectivity index (χ3v) is 5.68. The monoisotopic (exact) mass is 664 g/mol. The first-order valence-electron chi connectivity index (χ1n) is 13.6. The van der Waals surface area contributed by atoms with Crippen LogP contribution >= 0.6 is 22.6 Å². The number of halogens is 1. The number of carbonyl (C=O) groups is 2. The highest BCUT2D eigenvalue weighted by molar-refractivity contribution is 14.1. The zero-order valence-corrected chi connectivity index (χ0v) is 25.0. The van der Waals surface area contributed by atoms with Gasteiger partial charge in [-0.1, -0.05) is 35.4 Å². The van der Waals surface area contributed by atoms with E-state index in [0.29, 0.717) is 98.7 Å². The summed E-state index contributed by atoms with van der Waals surface area (Å²) in [6.45, 7) is 7.38. The molecule has 0 aliphatic heterocycles. The van der Waals surface area contributed by atoms with Gasteiger partial charge in [0.1, 0.15) is 6.61 Å². The van der Waals surface area contributed by atoms with Crippen LogP contribution in [0.5, 0.6) is 0 Å². The van der Waals surface area contributed by atoms with Gasteiger partial charge in [0.15, 0.2) is 0 Å². The number of ether oxygens (including phenoxy) is 8. The van der Waals surface area contributed by atoms with Crippen LogP contribution < -0.4 is 0 Å². The molecule has 0 saturated heterocycles. The zero-order valence-electron chi connectivity index (χ0n) is 22.9. The Bertz CT molecular complexity index is 512. The zero-order chi connectivity index (χ0) is 27.8. The van der Waals surface area contributed by atoms with Gasteiger partial charge in [-0.3, -0.25) is 9.59 Å². The van der Waals surface area contributed by atoms with Crippen molar-refractivity contribution in [3.8, 4) is 0 Å². The molecule has 0 bridgehead atoms. The van der Waals surface area contributed by atoms with E-state index in [0.717, 1.165) is 13.0 Å². The number of carboxylic acids is 1. The smallest absolute Gasteiger partial charge is 0.305 e. The van der Waals surface area contributed by atoms with Gasteiger partial charge in [0, 0.05) is 19.4 Å². The lowest BCUT2D eigenvalue weighted by Crippen LogP contribution is -2.15. The molecule has 0 amide bonds. The number of carboxylic acid groups (broad SMARTS) is 1. The largest absolute Gasteiger partial charge is 0.481 e. The minimum atomic E-state index is -0.857. The van der Waals surface area contributed by atoms with E-state index in [4.69, 9.17) is 43.0 Å². The summed E-state index contributed by atoms with van der Waals surface area (Å²) in [7, 11) is 0. The fraction of sp³-hybridized carbons (Fsp3) is 0.923. The second-order valence-electron chi connectivity index (χ2n) is 8.21. The van der Waals surface area contributed by atoms with Gasteiger partial charge in [0.2, 0.25) is 0 Å². The molecule has 0 aromatic rings. The highest BCUT2D eigenvalue weighted by Crippen LogP contribution is 2.02. The number of alkyl halides is 1. The number of esters is 1. The second kappa shape index (κ2) is 32.6. The number of hydrogen-bond donors (Lipinski definition) is 1. The Labute approximate surface area is 241 Å². The highest BCUT2D eigenvalue weighted by Gasteiger charge is 2.04. The lowest BCUT2D eigenvalue weighted by atomic mass is 10.2. The lowest BCUT2D eigenvalue weighted by Gasteiger charge is -2.09. The van der Waals surface area contributed by atoms with E-state index in [2.05, 4.69) is 22.6 Å². The van der Waals surface area contributed by atoms with Gasteiger partial charge in [-0.25, -0.2) is 0 Å². The Morgan fingerprint density at radius 1 is 0.447 bits per heavy atom. The topological polar surface area (TPSA) is 128 Å². The molecule has 0 unspecified atom stereocenters. The van der Waals surface area contributed by atoms with Gasteiger partial charge in [-0.15, -0.1) is 0 Å². The Morgan fingerprint density at radius 3 is 1.24 bits per heavy atom. The van der Waals surface area contributed by atoms with E-state index in [9.17, 15) is 9.59 Å². The van der Waals surface area contributed by atoms with Gasteiger partial charge < -0.3 is 43.0 Å². The van der Waals surface area contributed by atoms with Crippen LogP contribution in [0.25, 0.3) is 0 Å². The van der Waals surface area contributed by atoms with Crippen molar-refractivity contribution in [2.75, 3.05) is 104 Å². The van der Waals surface area contributed by atoms with Gasteiger partial charge in [-0.05, 0) is 30.1 Å². The van der Waals surface area contributed by atoms with Crippen molar-refractivity contribution in [1.82, 2.24) is 0 Å². The van der Waals surface area contributed by atoms with Crippen molar-refractivity contribution >= 4 is 34.5 Å². The maximum absolute atomic E-state index is 11.4. The van der Waals surface area contributed by atoms with E-state index < -0.39 is 5.97 Å². The Balaban J connectivity index is 3.09. The molecular weight excluding hydrogens is 615 g/mol. The van der Waals surface area contributed by atoms with Crippen molar-refractivity contribution in [1.29, 1.82) is 0 Å². The molecule has 0 aliphatic rings. The highest BCUT2D eigenvalue weighted by atomic mass is 127. The normalized spacial score (nSPS) is 11.2. The quantitative estimate of drug-likeness (QED) is 0.0493. The van der Waals surface area contributed by atoms with E-state index in [-0.39, 0.29) is 25.4 Å². The predicted octanol–water partition coefficient (Wildman–Crippen LogP) is 3.29. The maximum atomic E-state index is 11.4. The number of unbranched alkanes of at least 4 members (excludes halogenated alkanes) is 4. The molecule has 226 valence electrons. The molecular formula is C26H49IO11. The van der Waals surface area contributed by atoms with Gasteiger partial charge >= 0.3 is 11.9 Å². The van der Waals surface area contributed by atoms with Crippen LogP contribution in [0.15, 0.2) is 0 Å². The van der Waals surface area contributed by atoms with Gasteiger partial charge in [-0.2, -0.15) is 0 Å². The van der Waals surface area contributed by atoms with Crippen LogP contribution in [0.3, 0.4) is 0 Å². The summed E-state index contributed by atoms with van der Waals surface area (Å²) in [5.41, 5.74) is 0. The summed E-state index contributed by atoms with van der Waals surface area (Å²) in [6, 6.07) is 0. The van der Waals surface area contributed by atoms with E-state index in [1.54, 1.807) is 0 Å². The summed E-state index contributed by atoms with van der Waals surface area (Å²) < 4.78 is 44.3. The van der Waals surface area contributed by atoms with Crippen molar-refractivity contribution in [2.24, 2.45) is 0 Å². The number of rotatable bonds is 32. The fourth-order valence-corrected chi connectivity index (χ4v) is 3.45. The molecule has 0 aromatic carbocycles. The first-order valence-corrected chi connectivity index (χ1v) is 15.2. The maximum Gasteiger partial charge on any atom is 0.305 e. The number of carbonyl (C=O) groups excluding carboxylic acids is 1. The van der Waals surface area contributed by atoms with Crippen LogP contribution in [-0.4, -0.2) is 121 Å². The molecule has 0 fully saturated rings. The van der Waals surface area contributed by atoms with Crippen LogP contribution in [0.4, 0.5) is 0 Å². The molecule has 0 saturated carbocycles. The van der Waals surface area contributed by atoms with Crippen LogP contribution in [0.1, 0.15) is 51.4 Å². The van der Waals surface area contributed by atoms with Crippen molar-refractivity contribution in [2.45, 2.75) is 51.4 Å². The Kier molecular flexibility index (Phi) is 32.1. The van der Waals surface area contributed by atoms with Crippen molar-refractivity contribution in [3.05, 3.63) is 0 Å². The molecule has 12 heteroatoms. The third kappa shape index (κ3) is 33.4. The van der Waals surface area contributed by atoms with Crippen molar-refractivity contribution < 1.29 is 52.6 Å². The minimum Gasteiger partial charge on any atom is -0.481 e. The molecule has 38 heavy (non-hydrogen) atoms. The number of aliphatic carboxylic acids is 1. The molecule has 1 N–H and O–H groups in total. The molecule has 0 atom stereocenters. The first kappa shape index (κ1) is 37.4. The summed E-state index contributed by atoms with van der Waals surface area (Å²) in [5.74, 6) is -1.20. The van der Waals surface area contributed by atoms with E-state index in [1.165, 1.54) is 23.7 Å². The minimum absolute atomic E-state index is 0.0673. The average Bonchev–Trinajstić information content (AvgIpc) is 2.90. The fourth-order valence-electron chi connectivity index (χ4n) is 2.91. The average molecular weight is 665 g/mol. The summed E-state index contributed by atoms with van der Waals surface area (Å²) in [6.07, 6.45) is 6.21. The predicted molar refractivity (Wildman–Crippen MR) is 150 cm³/mol. The molecule has 0 aromatic heterocycles. The standard InChI is InChI=1S/C26H49IO11/c27-9-5-1-2-6-10-31-11-12-32-13-14-33-15-16-34-17-18-35-19-20-36-21-22-37-23-24-38-26(30)8-4-3-7-25(28)29/h1-24H2,(H,28,29). The third-order valence-electron chi connectivity index (χ3n) is 4.92. The molecule has 0 rings (SSSR count). The molecule has 0 aliphatic carbocycles.